The van der Waals surface area contributed by atoms with E-state index in [9.17, 15) is 9.18 Å². The summed E-state index contributed by atoms with van der Waals surface area (Å²) in [6.45, 7) is 0. The first kappa shape index (κ1) is 11.2. The molecular weight excluding hydrogens is 252 g/mol. The van der Waals surface area contributed by atoms with Gasteiger partial charge in [-0.1, -0.05) is 35.3 Å². The SMILES string of the molecule is O=c1cc(-c2cccc(Cl)c2Cl)cc(F)[nH]1. The van der Waals surface area contributed by atoms with Crippen molar-refractivity contribution in [1.29, 1.82) is 0 Å². The van der Waals surface area contributed by atoms with Gasteiger partial charge in [-0.2, -0.15) is 4.39 Å². The van der Waals surface area contributed by atoms with E-state index >= 15 is 0 Å². The number of H-pyrrole nitrogens is 1. The number of hydrogen-bond acceptors (Lipinski definition) is 1. The minimum absolute atomic E-state index is 0.300. The van der Waals surface area contributed by atoms with Crippen molar-refractivity contribution in [2.24, 2.45) is 0 Å². The third-order valence-electron chi connectivity index (χ3n) is 2.07. The second-order valence-electron chi connectivity index (χ2n) is 3.18. The van der Waals surface area contributed by atoms with E-state index < -0.39 is 11.5 Å². The molecule has 1 N–H and O–H groups in total. The normalized spacial score (nSPS) is 10.4. The van der Waals surface area contributed by atoms with Crippen molar-refractivity contribution in [3.05, 3.63) is 56.7 Å². The van der Waals surface area contributed by atoms with Gasteiger partial charge in [-0.25, -0.2) is 0 Å². The molecule has 16 heavy (non-hydrogen) atoms. The lowest BCUT2D eigenvalue weighted by Crippen LogP contribution is -2.06. The third kappa shape index (κ3) is 2.10. The standard InChI is InChI=1S/C11H6Cl2FNO/c12-8-3-1-2-7(11(8)13)6-4-9(14)15-10(16)5-6/h1-5H,(H,15,16). The van der Waals surface area contributed by atoms with Crippen LogP contribution in [0, 0.1) is 5.95 Å². The van der Waals surface area contributed by atoms with E-state index in [2.05, 4.69) is 0 Å². The highest BCUT2D eigenvalue weighted by molar-refractivity contribution is 6.43. The first-order valence-electron chi connectivity index (χ1n) is 4.42. The van der Waals surface area contributed by atoms with E-state index in [1.165, 1.54) is 12.1 Å². The number of benzene rings is 1. The molecule has 82 valence electrons. The molecule has 0 radical (unpaired) electrons. The van der Waals surface area contributed by atoms with E-state index in [0.717, 1.165) is 0 Å². The summed E-state index contributed by atoms with van der Waals surface area (Å²) in [5.41, 5.74) is 0.402. The van der Waals surface area contributed by atoms with Gasteiger partial charge in [-0.05, 0) is 17.7 Å². The summed E-state index contributed by atoms with van der Waals surface area (Å²) in [5.74, 6) is -0.710. The zero-order valence-corrected chi connectivity index (χ0v) is 9.44. The molecule has 0 unspecified atom stereocenters. The summed E-state index contributed by atoms with van der Waals surface area (Å²) in [7, 11) is 0. The van der Waals surface area contributed by atoms with Gasteiger partial charge in [-0.15, -0.1) is 0 Å². The maximum Gasteiger partial charge on any atom is 0.250 e. The molecule has 0 atom stereocenters. The van der Waals surface area contributed by atoms with Crippen LogP contribution < -0.4 is 5.56 Å². The number of rotatable bonds is 1. The number of pyridine rings is 1. The molecule has 0 saturated carbocycles. The zero-order valence-electron chi connectivity index (χ0n) is 7.93. The van der Waals surface area contributed by atoms with Crippen LogP contribution in [0.2, 0.25) is 10.0 Å². The number of aromatic amines is 1. The van der Waals surface area contributed by atoms with Crippen LogP contribution in [-0.2, 0) is 0 Å². The van der Waals surface area contributed by atoms with Crippen molar-refractivity contribution < 1.29 is 4.39 Å². The molecular formula is C11H6Cl2FNO. The van der Waals surface area contributed by atoms with Crippen LogP contribution in [0.15, 0.2) is 35.1 Å². The van der Waals surface area contributed by atoms with Gasteiger partial charge < -0.3 is 0 Å². The van der Waals surface area contributed by atoms with Crippen molar-refractivity contribution in [2.75, 3.05) is 0 Å². The quantitative estimate of drug-likeness (QED) is 0.780. The Kier molecular flexibility index (Phi) is 2.99. The lowest BCUT2D eigenvalue weighted by atomic mass is 10.1. The van der Waals surface area contributed by atoms with Gasteiger partial charge in [0.2, 0.25) is 0 Å². The summed E-state index contributed by atoms with van der Waals surface area (Å²) >= 11 is 11.8. The van der Waals surface area contributed by atoms with Gasteiger partial charge in [0.15, 0.2) is 5.95 Å². The van der Waals surface area contributed by atoms with Crippen molar-refractivity contribution in [3.63, 3.8) is 0 Å². The molecule has 0 bridgehead atoms. The van der Waals surface area contributed by atoms with Gasteiger partial charge in [0.1, 0.15) is 0 Å². The van der Waals surface area contributed by atoms with Gasteiger partial charge in [0.05, 0.1) is 10.0 Å². The fourth-order valence-electron chi connectivity index (χ4n) is 1.39. The summed E-state index contributed by atoms with van der Waals surface area (Å²) < 4.78 is 13.0. The molecule has 1 heterocycles. The van der Waals surface area contributed by atoms with E-state index in [4.69, 9.17) is 23.2 Å². The van der Waals surface area contributed by atoms with Crippen LogP contribution in [0.25, 0.3) is 11.1 Å². The van der Waals surface area contributed by atoms with Crippen molar-refractivity contribution >= 4 is 23.2 Å². The molecule has 0 saturated heterocycles. The van der Waals surface area contributed by atoms with Crippen LogP contribution in [0.1, 0.15) is 0 Å². The predicted molar refractivity (Wildman–Crippen MR) is 62.5 cm³/mol. The number of aromatic nitrogens is 1. The predicted octanol–water partition coefficient (Wildman–Crippen LogP) is 3.49. The molecule has 0 aliphatic heterocycles. The summed E-state index contributed by atoms with van der Waals surface area (Å²) in [6, 6.07) is 7.43. The smallest absolute Gasteiger partial charge is 0.250 e. The molecule has 0 spiro atoms. The Morgan fingerprint density at radius 2 is 1.94 bits per heavy atom. The van der Waals surface area contributed by atoms with Crippen LogP contribution in [0.5, 0.6) is 0 Å². The van der Waals surface area contributed by atoms with Crippen molar-refractivity contribution in [3.8, 4) is 11.1 Å². The molecule has 0 aliphatic rings. The molecule has 2 aromatic rings. The molecule has 0 fully saturated rings. The highest BCUT2D eigenvalue weighted by Crippen LogP contribution is 2.32. The van der Waals surface area contributed by atoms with Gasteiger partial charge in [0.25, 0.3) is 5.56 Å². The Labute approximate surface area is 101 Å². The van der Waals surface area contributed by atoms with Gasteiger partial charge >= 0.3 is 0 Å². The van der Waals surface area contributed by atoms with Crippen LogP contribution in [0.3, 0.4) is 0 Å². The minimum Gasteiger partial charge on any atom is -0.299 e. The van der Waals surface area contributed by atoms with E-state index in [0.29, 0.717) is 21.2 Å². The lowest BCUT2D eigenvalue weighted by molar-refractivity contribution is 0.580. The summed E-state index contributed by atoms with van der Waals surface area (Å²) in [4.78, 5) is 13.1. The lowest BCUT2D eigenvalue weighted by Gasteiger charge is -2.05. The maximum absolute atomic E-state index is 13.0. The topological polar surface area (TPSA) is 32.9 Å². The van der Waals surface area contributed by atoms with Crippen LogP contribution >= 0.6 is 23.2 Å². The average Bonchev–Trinajstić information content (AvgIpc) is 2.20. The Morgan fingerprint density at radius 1 is 1.19 bits per heavy atom. The summed E-state index contributed by atoms with van der Waals surface area (Å²) in [5, 5.41) is 0.661. The first-order valence-corrected chi connectivity index (χ1v) is 5.18. The van der Waals surface area contributed by atoms with Gasteiger partial charge in [0, 0.05) is 11.6 Å². The number of nitrogens with one attached hydrogen (secondary N) is 1. The molecule has 1 aromatic heterocycles. The Hall–Kier alpha value is -1.32. The molecule has 5 heteroatoms. The molecule has 0 aliphatic carbocycles. The molecule has 0 amide bonds. The molecule has 2 rings (SSSR count). The van der Waals surface area contributed by atoms with Gasteiger partial charge in [-0.3, -0.25) is 9.78 Å². The fourth-order valence-corrected chi connectivity index (χ4v) is 1.80. The largest absolute Gasteiger partial charge is 0.299 e. The minimum atomic E-state index is -0.710. The molecule has 1 aromatic carbocycles. The third-order valence-corrected chi connectivity index (χ3v) is 2.89. The average molecular weight is 258 g/mol. The van der Waals surface area contributed by atoms with E-state index in [-0.39, 0.29) is 0 Å². The Bertz CT molecular complexity index is 595. The highest BCUT2D eigenvalue weighted by Gasteiger charge is 2.08. The van der Waals surface area contributed by atoms with Crippen molar-refractivity contribution in [1.82, 2.24) is 4.98 Å². The van der Waals surface area contributed by atoms with E-state index in [1.54, 1.807) is 18.2 Å². The fraction of sp³-hybridized carbons (Fsp3) is 0. The van der Waals surface area contributed by atoms with Crippen molar-refractivity contribution in [2.45, 2.75) is 0 Å². The maximum atomic E-state index is 13.0. The highest BCUT2D eigenvalue weighted by atomic mass is 35.5. The second-order valence-corrected chi connectivity index (χ2v) is 3.97. The zero-order chi connectivity index (χ0) is 11.7. The number of halogens is 3. The molecule has 2 nitrogen and oxygen atoms in total. The summed E-state index contributed by atoms with van der Waals surface area (Å²) in [6.07, 6.45) is 0. The van der Waals surface area contributed by atoms with Crippen LogP contribution in [-0.4, -0.2) is 4.98 Å². The number of hydrogen-bond donors (Lipinski definition) is 1. The van der Waals surface area contributed by atoms with E-state index in [1.807, 2.05) is 4.98 Å². The monoisotopic (exact) mass is 257 g/mol. The van der Waals surface area contributed by atoms with Crippen LogP contribution in [0.4, 0.5) is 4.39 Å². The Morgan fingerprint density at radius 3 is 2.62 bits per heavy atom. The second kappa shape index (κ2) is 4.28. The Balaban J connectivity index is 2.67. The first-order chi connectivity index (χ1) is 7.58.